The van der Waals surface area contributed by atoms with Crippen LogP contribution in [0.1, 0.15) is 53.7 Å². The Bertz CT molecular complexity index is 1060. The van der Waals surface area contributed by atoms with E-state index in [1.807, 2.05) is 0 Å². The molecular weight excluding hydrogens is 440 g/mol. The summed E-state index contributed by atoms with van der Waals surface area (Å²) >= 11 is 0. The lowest BCUT2D eigenvalue weighted by molar-refractivity contribution is -0.198. The highest BCUT2D eigenvalue weighted by molar-refractivity contribution is 6.33. The molecule has 2 aliphatic heterocycles. The zero-order chi connectivity index (χ0) is 24.7. The number of Topliss-reactive ketones (excluding diaryl/α,β-unsaturated/α-hetero) is 1. The van der Waals surface area contributed by atoms with E-state index in [9.17, 15) is 24.0 Å². The van der Waals surface area contributed by atoms with E-state index in [-0.39, 0.29) is 12.8 Å². The average Bonchev–Trinajstić information content (AvgIpc) is 3.17. The van der Waals surface area contributed by atoms with E-state index in [2.05, 4.69) is 4.74 Å². The third-order valence-electron chi connectivity index (χ3n) is 5.05. The second-order valence-electron chi connectivity index (χ2n) is 9.24. The summed E-state index contributed by atoms with van der Waals surface area (Å²) in [5.41, 5.74) is -2.76. The van der Waals surface area contributed by atoms with Gasteiger partial charge in [-0.1, -0.05) is 0 Å². The minimum Gasteiger partial charge on any atom is -0.463 e. The molecule has 12 nitrogen and oxygen atoms in total. The highest BCUT2D eigenvalue weighted by Crippen LogP contribution is 2.43. The second-order valence-corrected chi connectivity index (χ2v) is 9.24. The summed E-state index contributed by atoms with van der Waals surface area (Å²) in [6, 6.07) is 1.04. The lowest BCUT2D eigenvalue weighted by Crippen LogP contribution is -2.47. The van der Waals surface area contributed by atoms with Gasteiger partial charge in [0.2, 0.25) is 5.78 Å². The lowest BCUT2D eigenvalue weighted by atomic mass is 10.0. The van der Waals surface area contributed by atoms with Crippen LogP contribution in [-0.2, 0) is 33.3 Å². The molecule has 0 aromatic carbocycles. The van der Waals surface area contributed by atoms with Gasteiger partial charge in [-0.2, -0.15) is 4.57 Å². The number of ketones is 1. The quantitative estimate of drug-likeness (QED) is 0.448. The van der Waals surface area contributed by atoms with E-state index in [4.69, 9.17) is 18.9 Å². The Kier molecular flexibility index (Phi) is 6.65. The molecule has 0 N–H and O–H groups in total. The molecule has 0 saturated carbocycles. The molecule has 3 rings (SSSR count). The Morgan fingerprint density at radius 3 is 2.36 bits per heavy atom. The number of fused-ring (bicyclic) bond motifs is 1. The predicted molar refractivity (Wildman–Crippen MR) is 111 cm³/mol. The van der Waals surface area contributed by atoms with Crippen LogP contribution in [0.2, 0.25) is 0 Å². The number of hydrogen-bond donors (Lipinski definition) is 0. The summed E-state index contributed by atoms with van der Waals surface area (Å²) in [4.78, 5) is 61.1. The number of carbonyl (C=O) groups is 3. The first-order chi connectivity index (χ1) is 15.2. The molecule has 0 amide bonds. The first-order valence-corrected chi connectivity index (χ1v) is 10.4. The normalized spacial score (nSPS) is 26.0. The molecule has 1 aromatic heterocycles. The van der Waals surface area contributed by atoms with Gasteiger partial charge in [0.15, 0.2) is 12.0 Å². The molecule has 0 aliphatic carbocycles. The number of hydrogen-bond acceptors (Lipinski definition) is 10. The van der Waals surface area contributed by atoms with Gasteiger partial charge in [-0.15, -0.1) is 0 Å². The van der Waals surface area contributed by atoms with Gasteiger partial charge in [0, 0.05) is 18.7 Å². The van der Waals surface area contributed by atoms with Crippen LogP contribution in [0.5, 0.6) is 0 Å². The van der Waals surface area contributed by atoms with Crippen LogP contribution in [0.4, 0.5) is 4.79 Å². The van der Waals surface area contributed by atoms with Crippen molar-refractivity contribution in [2.45, 2.75) is 83.4 Å². The topological polar surface area (TPSA) is 141 Å². The summed E-state index contributed by atoms with van der Waals surface area (Å²) in [5.74, 6) is -2.70. The first-order valence-electron chi connectivity index (χ1n) is 10.4. The van der Waals surface area contributed by atoms with Crippen LogP contribution in [0, 0.1) is 0 Å². The monoisotopic (exact) mass is 468 g/mol. The Labute approximate surface area is 189 Å². The number of methoxy groups -OCH3 is 1. The Hall–Kier alpha value is -2.83. The van der Waals surface area contributed by atoms with Crippen molar-refractivity contribution >= 4 is 17.8 Å². The largest absolute Gasteiger partial charge is 0.463 e. The lowest BCUT2D eigenvalue weighted by Gasteiger charge is -2.25. The minimum absolute atomic E-state index is 0.103. The van der Waals surface area contributed by atoms with E-state index >= 15 is 0 Å². The van der Waals surface area contributed by atoms with Crippen LogP contribution in [0.15, 0.2) is 21.9 Å². The predicted octanol–water partition coefficient (Wildman–Crippen LogP) is 0.733. The molecule has 33 heavy (non-hydrogen) atoms. The fourth-order valence-electron chi connectivity index (χ4n) is 3.77. The molecule has 2 aliphatic rings. The zero-order valence-electron chi connectivity index (χ0n) is 19.4. The van der Waals surface area contributed by atoms with Gasteiger partial charge >= 0.3 is 17.8 Å². The van der Waals surface area contributed by atoms with Crippen molar-refractivity contribution < 1.29 is 38.1 Å². The van der Waals surface area contributed by atoms with Crippen molar-refractivity contribution in [2.75, 3.05) is 7.11 Å². The van der Waals surface area contributed by atoms with E-state index in [1.165, 1.54) is 6.20 Å². The number of esters is 1. The highest BCUT2D eigenvalue weighted by atomic mass is 16.8. The van der Waals surface area contributed by atoms with Gasteiger partial charge in [0.1, 0.15) is 17.8 Å². The SMILES string of the molecule is COC(=O)C(=O)CC[C@H]1O[C@@H](n2ccc(=O)n(C(=O)OC(C)(C)C)c2=O)[C@@H]2OC(C)(C)O[C@@H]21. The maximum atomic E-state index is 13.1. The van der Waals surface area contributed by atoms with Crippen LogP contribution < -0.4 is 11.2 Å². The van der Waals surface area contributed by atoms with Gasteiger partial charge < -0.3 is 23.7 Å². The summed E-state index contributed by atoms with van der Waals surface area (Å²) in [5, 5.41) is 0. The van der Waals surface area contributed by atoms with Gasteiger partial charge in [-0.05, 0) is 41.0 Å². The third kappa shape index (κ3) is 5.23. The molecule has 1 aromatic rings. The average molecular weight is 468 g/mol. The van der Waals surface area contributed by atoms with Crippen LogP contribution in [-0.4, -0.2) is 63.8 Å². The molecule has 182 valence electrons. The fraction of sp³-hybridized carbons (Fsp3) is 0.667. The summed E-state index contributed by atoms with van der Waals surface area (Å²) < 4.78 is 28.8. The van der Waals surface area contributed by atoms with Crippen LogP contribution in [0.3, 0.4) is 0 Å². The number of nitrogens with zero attached hydrogens (tertiary/aromatic N) is 2. The van der Waals surface area contributed by atoms with Crippen molar-refractivity contribution in [2.24, 2.45) is 0 Å². The van der Waals surface area contributed by atoms with Gasteiger partial charge in [0.05, 0.1) is 13.2 Å². The second kappa shape index (κ2) is 8.84. The first kappa shape index (κ1) is 24.8. The fourth-order valence-corrected chi connectivity index (χ4v) is 3.77. The van der Waals surface area contributed by atoms with Crippen LogP contribution in [0.25, 0.3) is 0 Å². The molecule has 0 unspecified atom stereocenters. The van der Waals surface area contributed by atoms with Crippen molar-refractivity contribution in [3.8, 4) is 0 Å². The van der Waals surface area contributed by atoms with E-state index < -0.39 is 65.0 Å². The van der Waals surface area contributed by atoms with Gasteiger partial charge in [-0.25, -0.2) is 14.4 Å². The van der Waals surface area contributed by atoms with Gasteiger partial charge in [0.25, 0.3) is 5.56 Å². The maximum absolute atomic E-state index is 13.1. The Balaban J connectivity index is 1.92. The summed E-state index contributed by atoms with van der Waals surface area (Å²) in [7, 11) is 1.11. The summed E-state index contributed by atoms with van der Waals surface area (Å²) in [6.07, 6.45) is -3.19. The maximum Gasteiger partial charge on any atom is 0.425 e. The molecule has 12 heteroatoms. The highest BCUT2D eigenvalue weighted by Gasteiger charge is 2.56. The Morgan fingerprint density at radius 2 is 1.76 bits per heavy atom. The third-order valence-corrected chi connectivity index (χ3v) is 5.05. The zero-order valence-corrected chi connectivity index (χ0v) is 19.4. The van der Waals surface area contributed by atoms with Gasteiger partial charge in [-0.3, -0.25) is 14.2 Å². The number of ether oxygens (including phenoxy) is 5. The molecular formula is C21H28N2O10. The molecule has 0 radical (unpaired) electrons. The Morgan fingerprint density at radius 1 is 1.12 bits per heavy atom. The molecule has 0 spiro atoms. The van der Waals surface area contributed by atoms with E-state index in [0.29, 0.717) is 4.57 Å². The van der Waals surface area contributed by atoms with Crippen molar-refractivity contribution in [1.29, 1.82) is 0 Å². The van der Waals surface area contributed by atoms with E-state index in [0.717, 1.165) is 17.7 Å². The molecule has 0 bridgehead atoms. The molecule has 4 atom stereocenters. The van der Waals surface area contributed by atoms with Crippen molar-refractivity contribution in [3.63, 3.8) is 0 Å². The van der Waals surface area contributed by atoms with E-state index in [1.54, 1.807) is 34.6 Å². The number of aromatic nitrogens is 2. The van der Waals surface area contributed by atoms with Crippen LogP contribution >= 0.6 is 0 Å². The number of carbonyl (C=O) groups excluding carboxylic acids is 3. The molecule has 2 saturated heterocycles. The number of rotatable bonds is 5. The van der Waals surface area contributed by atoms with Crippen molar-refractivity contribution in [3.05, 3.63) is 33.1 Å². The minimum atomic E-state index is -1.12. The van der Waals surface area contributed by atoms with Crippen molar-refractivity contribution in [1.82, 2.24) is 9.13 Å². The smallest absolute Gasteiger partial charge is 0.425 e. The summed E-state index contributed by atoms with van der Waals surface area (Å²) in [6.45, 7) is 8.18. The molecule has 3 heterocycles. The molecule has 2 fully saturated rings. The standard InChI is InChI=1S/C21H28N2O10/c1-20(2,3)33-19(28)23-13(25)9-10-22(18(23)27)16-15-14(31-21(4,5)32-15)12(30-16)8-7-11(24)17(26)29-6/h9-10,12,14-16H,7-8H2,1-6H3/t12-,14-,15-,16-/m1/s1.